The lowest BCUT2D eigenvalue weighted by Crippen LogP contribution is -2.32. The van der Waals surface area contributed by atoms with Gasteiger partial charge in [0, 0.05) is 18.4 Å². The summed E-state index contributed by atoms with van der Waals surface area (Å²) in [5, 5.41) is 0.832. The fourth-order valence-corrected chi connectivity index (χ4v) is 2.38. The third kappa shape index (κ3) is 4.40. The van der Waals surface area contributed by atoms with Gasteiger partial charge in [0.1, 0.15) is 6.42 Å². The molecule has 0 aromatic rings. The van der Waals surface area contributed by atoms with Gasteiger partial charge in [0.05, 0.1) is 0 Å². The molecule has 1 saturated heterocycles. The lowest BCUT2D eigenvalue weighted by atomic mass is 10.1. The van der Waals surface area contributed by atoms with Crippen molar-refractivity contribution in [2.75, 3.05) is 18.4 Å². The number of nitrogens with zero attached hydrogens (tertiary/aromatic N) is 1. The number of rotatable bonds is 3. The molecule has 0 aromatic carbocycles. The number of likely N-dealkylation sites (tertiary alicyclic amines) is 1. The zero-order valence-electron chi connectivity index (χ0n) is 8.19. The van der Waals surface area contributed by atoms with E-state index >= 15 is 0 Å². The molecule has 0 saturated carbocycles. The zero-order valence-corrected chi connectivity index (χ0v) is 9.77. The van der Waals surface area contributed by atoms with Crippen LogP contribution in [0.15, 0.2) is 0 Å². The Kier molecular flexibility index (Phi) is 4.43. The summed E-state index contributed by atoms with van der Waals surface area (Å²) >= 11 is 3.28. The van der Waals surface area contributed by atoms with Gasteiger partial charge < -0.3 is 4.90 Å². The van der Waals surface area contributed by atoms with Crippen LogP contribution in [0, 0.1) is 5.92 Å². The third-order valence-electron chi connectivity index (χ3n) is 2.51. The Labute approximate surface area is 94.9 Å². The Balaban J connectivity index is 2.37. The van der Waals surface area contributed by atoms with Crippen molar-refractivity contribution in [2.45, 2.75) is 25.4 Å². The van der Waals surface area contributed by atoms with Gasteiger partial charge in [-0.3, -0.25) is 4.79 Å². The molecule has 0 bridgehead atoms. The normalized spacial score (nSPS) is 22.1. The van der Waals surface area contributed by atoms with Gasteiger partial charge in [0.25, 0.3) is 0 Å². The van der Waals surface area contributed by atoms with E-state index in [0.717, 1.165) is 18.2 Å². The predicted octanol–water partition coefficient (Wildman–Crippen LogP) is 2.57. The van der Waals surface area contributed by atoms with Gasteiger partial charge >= 0.3 is 6.18 Å². The quantitative estimate of drug-likeness (QED) is 0.731. The van der Waals surface area contributed by atoms with Gasteiger partial charge in [0.2, 0.25) is 5.91 Å². The Morgan fingerprint density at radius 2 is 2.13 bits per heavy atom. The van der Waals surface area contributed by atoms with E-state index < -0.39 is 18.5 Å². The molecule has 88 valence electrons. The van der Waals surface area contributed by atoms with E-state index in [9.17, 15) is 18.0 Å². The molecule has 0 aromatic heterocycles. The molecule has 0 N–H and O–H groups in total. The van der Waals surface area contributed by atoms with Crippen LogP contribution in [0.2, 0.25) is 0 Å². The van der Waals surface area contributed by atoms with Crippen LogP contribution in [0.25, 0.3) is 0 Å². The number of hydrogen-bond acceptors (Lipinski definition) is 1. The number of alkyl halides is 4. The van der Waals surface area contributed by atoms with E-state index in [0.29, 0.717) is 19.0 Å². The largest absolute Gasteiger partial charge is 0.397 e. The van der Waals surface area contributed by atoms with E-state index in [-0.39, 0.29) is 0 Å². The lowest BCUT2D eigenvalue weighted by molar-refractivity contribution is -0.160. The van der Waals surface area contributed by atoms with Crippen molar-refractivity contribution in [1.82, 2.24) is 4.90 Å². The lowest BCUT2D eigenvalue weighted by Gasteiger charge is -2.17. The summed E-state index contributed by atoms with van der Waals surface area (Å²) < 4.78 is 35.8. The standard InChI is InChI=1S/C9H13BrF3NO/c10-3-1-7-2-4-14(6-7)8(15)5-9(11,12)13/h7H,1-6H2. The maximum absolute atomic E-state index is 11.9. The van der Waals surface area contributed by atoms with Crippen LogP contribution in [0.1, 0.15) is 19.3 Å². The van der Waals surface area contributed by atoms with Gasteiger partial charge in [-0.25, -0.2) is 0 Å². The molecule has 15 heavy (non-hydrogen) atoms. The highest BCUT2D eigenvalue weighted by Crippen LogP contribution is 2.25. The summed E-state index contributed by atoms with van der Waals surface area (Å²) in [7, 11) is 0. The van der Waals surface area contributed by atoms with Crippen LogP contribution < -0.4 is 0 Å². The Hall–Kier alpha value is -0.260. The average molecular weight is 288 g/mol. The van der Waals surface area contributed by atoms with E-state index in [1.165, 1.54) is 4.90 Å². The van der Waals surface area contributed by atoms with Crippen LogP contribution in [0.4, 0.5) is 13.2 Å². The molecular weight excluding hydrogens is 275 g/mol. The van der Waals surface area contributed by atoms with E-state index in [2.05, 4.69) is 15.9 Å². The van der Waals surface area contributed by atoms with E-state index in [1.54, 1.807) is 0 Å². The Bertz CT molecular complexity index is 232. The smallest absolute Gasteiger partial charge is 0.342 e. The van der Waals surface area contributed by atoms with Crippen LogP contribution in [0.5, 0.6) is 0 Å². The monoisotopic (exact) mass is 287 g/mol. The minimum absolute atomic E-state index is 0.349. The maximum Gasteiger partial charge on any atom is 0.397 e. The van der Waals surface area contributed by atoms with Crippen molar-refractivity contribution >= 4 is 21.8 Å². The van der Waals surface area contributed by atoms with Crippen molar-refractivity contribution < 1.29 is 18.0 Å². The van der Waals surface area contributed by atoms with Crippen molar-refractivity contribution in [3.05, 3.63) is 0 Å². The van der Waals surface area contributed by atoms with Gasteiger partial charge in [-0.05, 0) is 18.8 Å². The molecular formula is C9H13BrF3NO. The van der Waals surface area contributed by atoms with Crippen LogP contribution >= 0.6 is 15.9 Å². The van der Waals surface area contributed by atoms with Crippen molar-refractivity contribution in [2.24, 2.45) is 5.92 Å². The summed E-state index contributed by atoms with van der Waals surface area (Å²) in [5.74, 6) is -0.443. The SMILES string of the molecule is O=C(CC(F)(F)F)N1CCC(CCBr)C1. The first-order valence-electron chi connectivity index (χ1n) is 4.83. The van der Waals surface area contributed by atoms with Crippen LogP contribution in [-0.2, 0) is 4.79 Å². The van der Waals surface area contributed by atoms with Crippen LogP contribution in [0.3, 0.4) is 0 Å². The minimum Gasteiger partial charge on any atom is -0.342 e. The third-order valence-corrected chi connectivity index (χ3v) is 2.97. The number of halogens is 4. The van der Waals surface area contributed by atoms with Crippen molar-refractivity contribution in [3.63, 3.8) is 0 Å². The minimum atomic E-state index is -4.38. The summed E-state index contributed by atoms with van der Waals surface area (Å²) in [6.07, 6.45) is -3.98. The highest BCUT2D eigenvalue weighted by atomic mass is 79.9. The molecule has 0 aliphatic carbocycles. The summed E-state index contributed by atoms with van der Waals surface area (Å²) in [4.78, 5) is 12.5. The molecule has 0 radical (unpaired) electrons. The first kappa shape index (κ1) is 12.8. The molecule has 2 nitrogen and oxygen atoms in total. The second-order valence-electron chi connectivity index (χ2n) is 3.76. The Morgan fingerprint density at radius 3 is 2.67 bits per heavy atom. The molecule has 1 rings (SSSR count). The second kappa shape index (κ2) is 5.18. The van der Waals surface area contributed by atoms with Gasteiger partial charge in [-0.1, -0.05) is 15.9 Å². The fourth-order valence-electron chi connectivity index (χ4n) is 1.73. The molecule has 0 spiro atoms. The highest BCUT2D eigenvalue weighted by Gasteiger charge is 2.35. The van der Waals surface area contributed by atoms with Crippen molar-refractivity contribution in [1.29, 1.82) is 0 Å². The number of amides is 1. The van der Waals surface area contributed by atoms with Gasteiger partial charge in [0.15, 0.2) is 0 Å². The fraction of sp³-hybridized carbons (Fsp3) is 0.889. The molecule has 1 atom stereocenters. The highest BCUT2D eigenvalue weighted by molar-refractivity contribution is 9.09. The number of carbonyl (C=O) groups excluding carboxylic acids is 1. The van der Waals surface area contributed by atoms with E-state index in [4.69, 9.17) is 0 Å². The van der Waals surface area contributed by atoms with Gasteiger partial charge in [-0.15, -0.1) is 0 Å². The van der Waals surface area contributed by atoms with Gasteiger partial charge in [-0.2, -0.15) is 13.2 Å². The molecule has 1 fully saturated rings. The molecule has 1 aliphatic heterocycles. The van der Waals surface area contributed by atoms with Crippen molar-refractivity contribution in [3.8, 4) is 0 Å². The Morgan fingerprint density at radius 1 is 1.47 bits per heavy atom. The number of hydrogen-bond donors (Lipinski definition) is 0. The summed E-state index contributed by atoms with van der Waals surface area (Å²) in [6.45, 7) is 0.938. The predicted molar refractivity (Wildman–Crippen MR) is 53.8 cm³/mol. The molecule has 1 heterocycles. The molecule has 1 amide bonds. The topological polar surface area (TPSA) is 20.3 Å². The summed E-state index contributed by atoms with van der Waals surface area (Å²) in [5.41, 5.74) is 0. The first-order chi connectivity index (χ1) is 6.92. The number of carbonyl (C=O) groups is 1. The van der Waals surface area contributed by atoms with Crippen LogP contribution in [-0.4, -0.2) is 35.4 Å². The zero-order chi connectivity index (χ0) is 11.5. The second-order valence-corrected chi connectivity index (χ2v) is 4.56. The molecule has 1 aliphatic rings. The average Bonchev–Trinajstić information content (AvgIpc) is 2.50. The first-order valence-corrected chi connectivity index (χ1v) is 5.95. The summed E-state index contributed by atoms with van der Waals surface area (Å²) in [6, 6.07) is 0. The molecule has 1 unspecified atom stereocenters. The van der Waals surface area contributed by atoms with E-state index in [1.807, 2.05) is 0 Å². The maximum atomic E-state index is 11.9. The molecule has 6 heteroatoms.